The molecule has 2 saturated heterocycles. The fraction of sp³-hybridized carbons (Fsp3) is 1.00. The Balaban J connectivity index is 1.60. The van der Waals surface area contributed by atoms with E-state index in [2.05, 4.69) is 37.4 Å². The van der Waals surface area contributed by atoms with Gasteiger partial charge in [0.05, 0.1) is 0 Å². The molecule has 0 saturated carbocycles. The SMILES string of the molecule is CC1(CCCC2(C)CS2)CS1. The van der Waals surface area contributed by atoms with Gasteiger partial charge in [-0.05, 0) is 26.7 Å². The average molecular weight is 188 g/mol. The summed E-state index contributed by atoms with van der Waals surface area (Å²) in [6.07, 6.45) is 4.36. The second-order valence-corrected chi connectivity index (χ2v) is 7.46. The van der Waals surface area contributed by atoms with E-state index >= 15 is 0 Å². The second-order valence-electron chi connectivity index (χ2n) is 4.33. The lowest BCUT2D eigenvalue weighted by atomic mass is 10.0. The summed E-state index contributed by atoms with van der Waals surface area (Å²) < 4.78 is 1.41. The summed E-state index contributed by atoms with van der Waals surface area (Å²) in [5.41, 5.74) is 0. The van der Waals surface area contributed by atoms with Crippen LogP contribution in [0.5, 0.6) is 0 Å². The van der Waals surface area contributed by atoms with E-state index in [4.69, 9.17) is 0 Å². The first-order valence-corrected chi connectivity index (χ1v) is 6.37. The van der Waals surface area contributed by atoms with Crippen LogP contribution in [0.2, 0.25) is 0 Å². The largest absolute Gasteiger partial charge is 0.153 e. The third-order valence-electron chi connectivity index (χ3n) is 2.69. The van der Waals surface area contributed by atoms with Crippen molar-refractivity contribution in [2.45, 2.75) is 42.6 Å². The number of hydrogen-bond donors (Lipinski definition) is 0. The first kappa shape index (κ1) is 8.31. The molecule has 2 heteroatoms. The molecule has 0 aromatic rings. The highest BCUT2D eigenvalue weighted by molar-refractivity contribution is 8.08. The third-order valence-corrected chi connectivity index (χ3v) is 5.64. The summed E-state index contributed by atoms with van der Waals surface area (Å²) in [5.74, 6) is 2.83. The Bertz CT molecular complexity index is 139. The van der Waals surface area contributed by atoms with Crippen LogP contribution in [0.4, 0.5) is 0 Å². The zero-order valence-corrected chi connectivity index (χ0v) is 8.99. The molecule has 0 aromatic carbocycles. The van der Waals surface area contributed by atoms with Crippen molar-refractivity contribution in [2.24, 2.45) is 0 Å². The Morgan fingerprint density at radius 3 is 1.64 bits per heavy atom. The molecule has 0 bridgehead atoms. The molecule has 2 aliphatic heterocycles. The molecule has 0 spiro atoms. The molecule has 0 N–H and O–H groups in total. The van der Waals surface area contributed by atoms with E-state index in [9.17, 15) is 0 Å². The van der Waals surface area contributed by atoms with Gasteiger partial charge in [0.15, 0.2) is 0 Å². The van der Waals surface area contributed by atoms with Crippen molar-refractivity contribution in [1.29, 1.82) is 0 Å². The summed E-state index contributed by atoms with van der Waals surface area (Å²) in [4.78, 5) is 0. The van der Waals surface area contributed by atoms with Gasteiger partial charge in [0.1, 0.15) is 0 Å². The van der Waals surface area contributed by atoms with Gasteiger partial charge in [-0.2, -0.15) is 23.5 Å². The lowest BCUT2D eigenvalue weighted by molar-refractivity contribution is 0.579. The van der Waals surface area contributed by atoms with Crippen LogP contribution < -0.4 is 0 Å². The molecule has 2 atom stereocenters. The zero-order valence-electron chi connectivity index (χ0n) is 7.35. The normalized spacial score (nSPS) is 47.5. The van der Waals surface area contributed by atoms with Gasteiger partial charge in [-0.1, -0.05) is 6.42 Å². The number of thioether (sulfide) groups is 2. The van der Waals surface area contributed by atoms with Gasteiger partial charge in [-0.25, -0.2) is 0 Å². The maximum atomic E-state index is 2.40. The van der Waals surface area contributed by atoms with Crippen molar-refractivity contribution < 1.29 is 0 Å². The minimum absolute atomic E-state index is 0.704. The first-order chi connectivity index (χ1) is 5.12. The predicted molar refractivity (Wildman–Crippen MR) is 55.6 cm³/mol. The molecule has 0 aromatic heterocycles. The number of rotatable bonds is 4. The maximum absolute atomic E-state index is 2.40. The van der Waals surface area contributed by atoms with Crippen LogP contribution in [-0.2, 0) is 0 Å². The van der Waals surface area contributed by atoms with Gasteiger partial charge in [-0.3, -0.25) is 0 Å². The van der Waals surface area contributed by atoms with Crippen LogP contribution in [0.15, 0.2) is 0 Å². The van der Waals surface area contributed by atoms with E-state index in [1.807, 2.05) is 0 Å². The summed E-state index contributed by atoms with van der Waals surface area (Å²) >= 11 is 4.27. The topological polar surface area (TPSA) is 0 Å². The molecule has 2 fully saturated rings. The molecule has 0 amide bonds. The van der Waals surface area contributed by atoms with Crippen molar-refractivity contribution in [3.63, 3.8) is 0 Å². The van der Waals surface area contributed by atoms with E-state index in [0.29, 0.717) is 9.49 Å². The smallest absolute Gasteiger partial charge is 0.0223 e. The Hall–Kier alpha value is 0.700. The van der Waals surface area contributed by atoms with Crippen LogP contribution in [0.25, 0.3) is 0 Å². The van der Waals surface area contributed by atoms with Crippen molar-refractivity contribution >= 4 is 23.5 Å². The van der Waals surface area contributed by atoms with E-state index in [1.54, 1.807) is 0 Å². The Kier molecular flexibility index (Phi) is 1.96. The minimum Gasteiger partial charge on any atom is -0.153 e. The fourth-order valence-electron chi connectivity index (χ4n) is 1.37. The van der Waals surface area contributed by atoms with Gasteiger partial charge in [0.25, 0.3) is 0 Å². The summed E-state index contributed by atoms with van der Waals surface area (Å²) in [7, 11) is 0. The second kappa shape index (κ2) is 2.59. The number of hydrogen-bond acceptors (Lipinski definition) is 2. The monoisotopic (exact) mass is 188 g/mol. The highest BCUT2D eigenvalue weighted by Gasteiger charge is 2.41. The average Bonchev–Trinajstić information content (AvgIpc) is 2.78. The van der Waals surface area contributed by atoms with Crippen molar-refractivity contribution in [3.8, 4) is 0 Å². The summed E-state index contributed by atoms with van der Waals surface area (Å²) in [6.45, 7) is 4.81. The molecule has 0 radical (unpaired) electrons. The quantitative estimate of drug-likeness (QED) is 0.622. The molecule has 2 heterocycles. The lowest BCUT2D eigenvalue weighted by Gasteiger charge is -2.08. The highest BCUT2D eigenvalue weighted by Crippen LogP contribution is 2.51. The Labute approximate surface area is 77.9 Å². The first-order valence-electron chi connectivity index (χ1n) is 4.40. The van der Waals surface area contributed by atoms with E-state index < -0.39 is 0 Å². The minimum atomic E-state index is 0.704. The van der Waals surface area contributed by atoms with Gasteiger partial charge >= 0.3 is 0 Å². The fourth-order valence-corrected chi connectivity index (χ4v) is 2.73. The van der Waals surface area contributed by atoms with Gasteiger partial charge in [-0.15, -0.1) is 0 Å². The van der Waals surface area contributed by atoms with Crippen LogP contribution in [0, 0.1) is 0 Å². The molecule has 0 nitrogen and oxygen atoms in total. The van der Waals surface area contributed by atoms with Gasteiger partial charge in [0, 0.05) is 21.0 Å². The Morgan fingerprint density at radius 2 is 1.36 bits per heavy atom. The maximum Gasteiger partial charge on any atom is 0.0223 e. The summed E-state index contributed by atoms with van der Waals surface area (Å²) in [6, 6.07) is 0. The van der Waals surface area contributed by atoms with E-state index in [1.165, 1.54) is 30.8 Å². The van der Waals surface area contributed by atoms with Crippen LogP contribution in [0.3, 0.4) is 0 Å². The molecule has 11 heavy (non-hydrogen) atoms. The molecule has 0 aliphatic carbocycles. The molecule has 2 aliphatic rings. The van der Waals surface area contributed by atoms with Crippen molar-refractivity contribution in [1.82, 2.24) is 0 Å². The molecular formula is C9H16S2. The van der Waals surface area contributed by atoms with Crippen LogP contribution in [-0.4, -0.2) is 21.0 Å². The predicted octanol–water partition coefficient (Wildman–Crippen LogP) is 3.17. The molecular weight excluding hydrogens is 172 g/mol. The van der Waals surface area contributed by atoms with Gasteiger partial charge in [0.2, 0.25) is 0 Å². The third kappa shape index (κ3) is 2.32. The molecule has 2 rings (SSSR count). The standard InChI is InChI=1S/C9H16S2/c1-8(6-10-8)4-3-5-9(2)7-11-9/h3-7H2,1-2H3. The van der Waals surface area contributed by atoms with Crippen LogP contribution >= 0.6 is 23.5 Å². The highest BCUT2D eigenvalue weighted by atomic mass is 32.2. The van der Waals surface area contributed by atoms with Crippen molar-refractivity contribution in [3.05, 3.63) is 0 Å². The molecule has 64 valence electrons. The van der Waals surface area contributed by atoms with E-state index in [0.717, 1.165) is 0 Å². The lowest BCUT2D eigenvalue weighted by Crippen LogP contribution is -2.06. The van der Waals surface area contributed by atoms with Crippen molar-refractivity contribution in [2.75, 3.05) is 11.5 Å². The van der Waals surface area contributed by atoms with Crippen LogP contribution in [0.1, 0.15) is 33.1 Å². The zero-order chi connectivity index (χ0) is 7.95. The van der Waals surface area contributed by atoms with E-state index in [-0.39, 0.29) is 0 Å². The Morgan fingerprint density at radius 1 is 1.00 bits per heavy atom. The summed E-state index contributed by atoms with van der Waals surface area (Å²) in [5, 5.41) is 0. The van der Waals surface area contributed by atoms with Gasteiger partial charge < -0.3 is 0 Å². The molecule has 2 unspecified atom stereocenters.